The van der Waals surface area contributed by atoms with Crippen LogP contribution in [0, 0.1) is 5.82 Å². The highest BCUT2D eigenvalue weighted by Crippen LogP contribution is 2.30. The van der Waals surface area contributed by atoms with Crippen LogP contribution < -0.4 is 4.74 Å². The second-order valence-corrected chi connectivity index (χ2v) is 5.31. The van der Waals surface area contributed by atoms with Crippen LogP contribution in [0.2, 0.25) is 0 Å². The minimum absolute atomic E-state index is 0.102. The van der Waals surface area contributed by atoms with Crippen molar-refractivity contribution < 1.29 is 27.1 Å². The molecular weight excluding hydrogens is 380 g/mol. The molecule has 0 radical (unpaired) electrons. The minimum atomic E-state index is -4.46. The summed E-state index contributed by atoms with van der Waals surface area (Å²) in [4.78, 5) is 11.7. The van der Waals surface area contributed by atoms with E-state index in [4.69, 9.17) is 4.74 Å². The number of halogens is 5. The zero-order valence-electron chi connectivity index (χ0n) is 11.4. The van der Waals surface area contributed by atoms with E-state index in [-0.39, 0.29) is 15.8 Å². The van der Waals surface area contributed by atoms with Gasteiger partial charge in [0.05, 0.1) is 10.0 Å². The summed E-state index contributed by atoms with van der Waals surface area (Å²) in [6.45, 7) is 0. The Balaban J connectivity index is 2.09. The van der Waals surface area contributed by atoms with Gasteiger partial charge in [0.2, 0.25) is 0 Å². The minimum Gasteiger partial charge on any atom is -0.422 e. The Morgan fingerprint density at radius 3 is 2.52 bits per heavy atom. The molecule has 0 aliphatic rings. The van der Waals surface area contributed by atoms with Crippen molar-refractivity contribution in [1.29, 1.82) is 0 Å². The lowest BCUT2D eigenvalue weighted by molar-refractivity contribution is -0.137. The molecule has 0 spiro atoms. The lowest BCUT2D eigenvalue weighted by atomic mass is 10.1. The molecule has 0 saturated heterocycles. The lowest BCUT2D eigenvalue weighted by Crippen LogP contribution is -2.05. The van der Waals surface area contributed by atoms with Gasteiger partial charge in [0.25, 0.3) is 0 Å². The molecule has 0 amide bonds. The molecule has 7 heteroatoms. The SMILES string of the molecule is O=C(/C=C/c1cccc(C(F)(F)F)c1)Oc1ccc(F)cc1Br. The first-order chi connectivity index (χ1) is 10.8. The first kappa shape index (κ1) is 17.2. The zero-order valence-corrected chi connectivity index (χ0v) is 13.0. The number of ether oxygens (including phenoxy) is 1. The number of rotatable bonds is 3. The van der Waals surface area contributed by atoms with Crippen LogP contribution in [0.4, 0.5) is 17.6 Å². The predicted octanol–water partition coefficient (Wildman–Crippen LogP) is 5.23. The van der Waals surface area contributed by atoms with Crippen molar-refractivity contribution in [1.82, 2.24) is 0 Å². The Labute approximate surface area is 137 Å². The fourth-order valence-electron chi connectivity index (χ4n) is 1.68. The van der Waals surface area contributed by atoms with E-state index in [0.29, 0.717) is 0 Å². The maximum Gasteiger partial charge on any atom is 0.416 e. The molecule has 2 aromatic rings. The maximum atomic E-state index is 12.9. The third-order valence-electron chi connectivity index (χ3n) is 2.73. The monoisotopic (exact) mass is 388 g/mol. The molecule has 0 aromatic heterocycles. The molecule has 2 nitrogen and oxygen atoms in total. The highest BCUT2D eigenvalue weighted by atomic mass is 79.9. The van der Waals surface area contributed by atoms with Gasteiger partial charge in [-0.15, -0.1) is 0 Å². The molecule has 0 heterocycles. The van der Waals surface area contributed by atoms with E-state index in [1.165, 1.54) is 24.3 Å². The molecule has 0 atom stereocenters. The molecule has 0 aliphatic heterocycles. The van der Waals surface area contributed by atoms with Gasteiger partial charge >= 0.3 is 12.1 Å². The van der Waals surface area contributed by atoms with Crippen LogP contribution in [0.15, 0.2) is 53.0 Å². The van der Waals surface area contributed by atoms with Crippen molar-refractivity contribution in [3.8, 4) is 5.75 Å². The molecule has 2 aromatic carbocycles. The quantitative estimate of drug-likeness (QED) is 0.311. The van der Waals surface area contributed by atoms with Crippen LogP contribution in [-0.2, 0) is 11.0 Å². The molecule has 0 aliphatic carbocycles. The Morgan fingerprint density at radius 1 is 1.13 bits per heavy atom. The summed E-state index contributed by atoms with van der Waals surface area (Å²) in [6, 6.07) is 8.01. The van der Waals surface area contributed by atoms with E-state index in [1.54, 1.807) is 0 Å². The summed E-state index contributed by atoms with van der Waals surface area (Å²) in [5.74, 6) is -1.20. The fraction of sp³-hybridized carbons (Fsp3) is 0.0625. The van der Waals surface area contributed by atoms with Crippen molar-refractivity contribution in [2.45, 2.75) is 6.18 Å². The van der Waals surface area contributed by atoms with Gasteiger partial charge in [-0.2, -0.15) is 13.2 Å². The van der Waals surface area contributed by atoms with Crippen LogP contribution in [0.5, 0.6) is 5.75 Å². The fourth-order valence-corrected chi connectivity index (χ4v) is 2.12. The Hall–Kier alpha value is -2.15. The molecule has 2 rings (SSSR count). The van der Waals surface area contributed by atoms with Crippen LogP contribution in [0.3, 0.4) is 0 Å². The maximum absolute atomic E-state index is 12.9. The summed E-state index contributed by atoms with van der Waals surface area (Å²) >= 11 is 3.04. The highest BCUT2D eigenvalue weighted by Gasteiger charge is 2.30. The molecule has 0 fully saturated rings. The molecule has 23 heavy (non-hydrogen) atoms. The van der Waals surface area contributed by atoms with Gasteiger partial charge in [-0.25, -0.2) is 9.18 Å². The molecular formula is C16H9BrF4O2. The largest absolute Gasteiger partial charge is 0.422 e. The van der Waals surface area contributed by atoms with Gasteiger partial charge in [-0.1, -0.05) is 12.1 Å². The first-order valence-corrected chi connectivity index (χ1v) is 7.07. The molecule has 0 bridgehead atoms. The molecule has 0 N–H and O–H groups in total. The van der Waals surface area contributed by atoms with E-state index in [9.17, 15) is 22.4 Å². The number of hydrogen-bond acceptors (Lipinski definition) is 2. The van der Waals surface area contributed by atoms with E-state index < -0.39 is 23.5 Å². The number of esters is 1. The number of hydrogen-bond donors (Lipinski definition) is 0. The topological polar surface area (TPSA) is 26.3 Å². The standard InChI is InChI=1S/C16H9BrF4O2/c17-13-9-12(18)5-6-14(13)23-15(22)7-4-10-2-1-3-11(8-10)16(19,20)21/h1-9H/b7-4+. The summed E-state index contributed by atoms with van der Waals surface area (Å²) in [6.07, 6.45) is -2.26. The summed E-state index contributed by atoms with van der Waals surface area (Å²) in [7, 11) is 0. The second kappa shape index (κ2) is 6.95. The van der Waals surface area contributed by atoms with Crippen LogP contribution in [0.25, 0.3) is 6.08 Å². The summed E-state index contributed by atoms with van der Waals surface area (Å²) < 4.78 is 55.9. The first-order valence-electron chi connectivity index (χ1n) is 6.28. The van der Waals surface area contributed by atoms with Crippen molar-refractivity contribution in [2.24, 2.45) is 0 Å². The van der Waals surface area contributed by atoms with Crippen LogP contribution in [-0.4, -0.2) is 5.97 Å². The van der Waals surface area contributed by atoms with Gasteiger partial charge in [0.1, 0.15) is 11.6 Å². The van der Waals surface area contributed by atoms with Crippen molar-refractivity contribution in [3.05, 3.63) is 70.0 Å². The number of benzene rings is 2. The van der Waals surface area contributed by atoms with Gasteiger partial charge in [0, 0.05) is 6.08 Å². The van der Waals surface area contributed by atoms with Crippen molar-refractivity contribution in [3.63, 3.8) is 0 Å². The van der Waals surface area contributed by atoms with E-state index in [2.05, 4.69) is 15.9 Å². The van der Waals surface area contributed by atoms with Gasteiger partial charge < -0.3 is 4.74 Å². The Kier molecular flexibility index (Phi) is 5.20. The Morgan fingerprint density at radius 2 is 1.87 bits per heavy atom. The second-order valence-electron chi connectivity index (χ2n) is 4.45. The average molecular weight is 389 g/mol. The van der Waals surface area contributed by atoms with Crippen molar-refractivity contribution >= 4 is 28.0 Å². The van der Waals surface area contributed by atoms with Gasteiger partial charge in [-0.3, -0.25) is 0 Å². The number of carbonyl (C=O) groups is 1. The van der Waals surface area contributed by atoms with Crippen LogP contribution in [0.1, 0.15) is 11.1 Å². The van der Waals surface area contributed by atoms with E-state index in [1.807, 2.05) is 0 Å². The molecule has 0 unspecified atom stereocenters. The number of alkyl halides is 3. The summed E-state index contributed by atoms with van der Waals surface area (Å²) in [5, 5.41) is 0. The number of carbonyl (C=O) groups excluding carboxylic acids is 1. The molecule has 0 saturated carbocycles. The smallest absolute Gasteiger partial charge is 0.416 e. The highest BCUT2D eigenvalue weighted by molar-refractivity contribution is 9.10. The summed E-state index contributed by atoms with van der Waals surface area (Å²) in [5.41, 5.74) is -0.607. The average Bonchev–Trinajstić information content (AvgIpc) is 2.47. The van der Waals surface area contributed by atoms with Gasteiger partial charge in [0.15, 0.2) is 0 Å². The predicted molar refractivity (Wildman–Crippen MR) is 80.2 cm³/mol. The van der Waals surface area contributed by atoms with Crippen molar-refractivity contribution in [2.75, 3.05) is 0 Å². The van der Waals surface area contributed by atoms with E-state index in [0.717, 1.165) is 30.3 Å². The molecule has 120 valence electrons. The lowest BCUT2D eigenvalue weighted by Gasteiger charge is -2.06. The van der Waals surface area contributed by atoms with Gasteiger partial charge in [-0.05, 0) is 57.9 Å². The third-order valence-corrected chi connectivity index (χ3v) is 3.35. The normalized spacial score (nSPS) is 11.7. The van der Waals surface area contributed by atoms with Crippen LogP contribution >= 0.6 is 15.9 Å². The van der Waals surface area contributed by atoms with E-state index >= 15 is 0 Å². The zero-order chi connectivity index (χ0) is 17.0. The Bertz CT molecular complexity index is 754. The third kappa shape index (κ3) is 4.92.